The molecule has 0 radical (unpaired) electrons. The highest BCUT2D eigenvalue weighted by Crippen LogP contribution is 2.23. The molecule has 0 amide bonds. The molecule has 2 unspecified atom stereocenters. The fraction of sp³-hybridized carbons (Fsp3) is 0.600. The van der Waals surface area contributed by atoms with Crippen LogP contribution in [0.15, 0.2) is 24.3 Å². The van der Waals surface area contributed by atoms with Gasteiger partial charge in [0.15, 0.2) is 0 Å². The maximum Gasteiger partial charge on any atom is 0.137 e. The first-order chi connectivity index (χ1) is 9.31. The monoisotopic (exact) mass is 280 g/mol. The molecule has 1 aromatic rings. The number of likely N-dealkylation sites (tertiary alicyclic amines) is 1. The summed E-state index contributed by atoms with van der Waals surface area (Å²) < 4.78 is 5.77. The number of halogens is 1. The van der Waals surface area contributed by atoms with Gasteiger partial charge in [-0.3, -0.25) is 4.90 Å². The van der Waals surface area contributed by atoms with E-state index in [0.717, 1.165) is 24.9 Å². The Morgan fingerprint density at radius 3 is 2.95 bits per heavy atom. The minimum atomic E-state index is 0.688. The third kappa shape index (κ3) is 3.41. The number of hydrogen-bond donors (Lipinski definition) is 1. The van der Waals surface area contributed by atoms with E-state index in [0.29, 0.717) is 17.7 Å². The zero-order valence-electron chi connectivity index (χ0n) is 11.1. The lowest BCUT2D eigenvalue weighted by molar-refractivity contribution is 0.201. The highest BCUT2D eigenvalue weighted by atomic mass is 35.5. The smallest absolute Gasteiger partial charge is 0.137 e. The van der Waals surface area contributed by atoms with Crippen LogP contribution in [0, 0.1) is 0 Å². The van der Waals surface area contributed by atoms with Gasteiger partial charge in [0, 0.05) is 25.2 Å². The molecule has 0 aliphatic carbocycles. The van der Waals surface area contributed by atoms with Crippen LogP contribution in [0.2, 0.25) is 5.02 Å². The van der Waals surface area contributed by atoms with Crippen molar-refractivity contribution in [2.75, 3.05) is 26.2 Å². The van der Waals surface area contributed by atoms with Crippen molar-refractivity contribution >= 4 is 11.6 Å². The van der Waals surface area contributed by atoms with Crippen LogP contribution in [0.1, 0.15) is 19.3 Å². The van der Waals surface area contributed by atoms with Gasteiger partial charge >= 0.3 is 0 Å². The van der Waals surface area contributed by atoms with Crippen LogP contribution in [0.4, 0.5) is 0 Å². The number of ether oxygens (including phenoxy) is 1. The average Bonchev–Trinajstić information content (AvgIpc) is 2.74. The Balaban J connectivity index is 1.46. The van der Waals surface area contributed by atoms with Crippen LogP contribution in [-0.4, -0.2) is 43.2 Å². The van der Waals surface area contributed by atoms with Gasteiger partial charge in [-0.25, -0.2) is 0 Å². The quantitative estimate of drug-likeness (QED) is 0.917. The van der Waals surface area contributed by atoms with E-state index in [4.69, 9.17) is 16.3 Å². The van der Waals surface area contributed by atoms with Crippen molar-refractivity contribution in [1.82, 2.24) is 10.2 Å². The molecule has 1 aromatic carbocycles. The molecule has 2 saturated heterocycles. The van der Waals surface area contributed by atoms with Gasteiger partial charge in [-0.15, -0.1) is 0 Å². The van der Waals surface area contributed by atoms with Crippen LogP contribution in [-0.2, 0) is 0 Å². The molecular weight excluding hydrogens is 260 g/mol. The molecule has 3 nitrogen and oxygen atoms in total. The molecule has 0 aromatic heterocycles. The second-order valence-corrected chi connectivity index (χ2v) is 5.91. The Bertz CT molecular complexity index is 426. The van der Waals surface area contributed by atoms with E-state index >= 15 is 0 Å². The molecule has 2 heterocycles. The number of nitrogens with one attached hydrogen (secondary N) is 1. The summed E-state index contributed by atoms with van der Waals surface area (Å²) in [6.07, 6.45) is 3.95. The summed E-state index contributed by atoms with van der Waals surface area (Å²) in [6, 6.07) is 9.11. The Morgan fingerprint density at radius 1 is 1.21 bits per heavy atom. The number of hydrogen-bond acceptors (Lipinski definition) is 3. The van der Waals surface area contributed by atoms with Gasteiger partial charge in [0.1, 0.15) is 12.4 Å². The molecule has 2 atom stereocenters. The van der Waals surface area contributed by atoms with E-state index in [1.54, 1.807) is 0 Å². The first-order valence-electron chi connectivity index (χ1n) is 7.17. The highest BCUT2D eigenvalue weighted by molar-refractivity contribution is 6.32. The Kier molecular flexibility index (Phi) is 4.26. The fourth-order valence-electron chi connectivity index (χ4n) is 3.06. The predicted molar refractivity (Wildman–Crippen MR) is 77.9 cm³/mol. The summed E-state index contributed by atoms with van der Waals surface area (Å²) in [7, 11) is 0. The van der Waals surface area contributed by atoms with Gasteiger partial charge < -0.3 is 10.1 Å². The second-order valence-electron chi connectivity index (χ2n) is 5.51. The number of rotatable bonds is 4. The van der Waals surface area contributed by atoms with Gasteiger partial charge in [-0.2, -0.15) is 0 Å². The third-order valence-electron chi connectivity index (χ3n) is 4.11. The molecule has 3 rings (SSSR count). The van der Waals surface area contributed by atoms with E-state index in [1.165, 1.54) is 25.8 Å². The van der Waals surface area contributed by atoms with Gasteiger partial charge in [0.05, 0.1) is 5.02 Å². The van der Waals surface area contributed by atoms with Crippen LogP contribution in [0.3, 0.4) is 0 Å². The lowest BCUT2D eigenvalue weighted by Crippen LogP contribution is -2.37. The number of benzene rings is 1. The summed E-state index contributed by atoms with van der Waals surface area (Å²) in [5.41, 5.74) is 0. The van der Waals surface area contributed by atoms with E-state index in [1.807, 2.05) is 24.3 Å². The molecule has 19 heavy (non-hydrogen) atoms. The van der Waals surface area contributed by atoms with Crippen molar-refractivity contribution in [3.8, 4) is 5.75 Å². The molecule has 2 fully saturated rings. The van der Waals surface area contributed by atoms with Gasteiger partial charge in [0.25, 0.3) is 0 Å². The minimum absolute atomic E-state index is 0.688. The van der Waals surface area contributed by atoms with Crippen molar-refractivity contribution < 1.29 is 4.74 Å². The predicted octanol–water partition coefficient (Wildman–Crippen LogP) is 2.55. The maximum absolute atomic E-state index is 6.07. The molecule has 4 heteroatoms. The Hall–Kier alpha value is -0.770. The molecule has 0 saturated carbocycles. The number of nitrogens with zero attached hydrogens (tertiary/aromatic N) is 1. The normalized spacial score (nSPS) is 27.2. The van der Waals surface area contributed by atoms with Crippen molar-refractivity contribution in [3.63, 3.8) is 0 Å². The second kappa shape index (κ2) is 6.12. The summed E-state index contributed by atoms with van der Waals surface area (Å²) >= 11 is 6.07. The highest BCUT2D eigenvalue weighted by Gasteiger charge is 2.28. The lowest BCUT2D eigenvalue weighted by Gasteiger charge is -2.23. The molecule has 1 N–H and O–H groups in total. The third-order valence-corrected chi connectivity index (χ3v) is 4.42. The molecule has 0 spiro atoms. The van der Waals surface area contributed by atoms with Crippen molar-refractivity contribution in [2.45, 2.75) is 31.3 Å². The van der Waals surface area contributed by atoms with Crippen LogP contribution in [0.5, 0.6) is 5.75 Å². The summed E-state index contributed by atoms with van der Waals surface area (Å²) in [6.45, 7) is 4.03. The van der Waals surface area contributed by atoms with E-state index in [2.05, 4.69) is 10.2 Å². The summed E-state index contributed by atoms with van der Waals surface area (Å²) in [5, 5.41) is 4.39. The topological polar surface area (TPSA) is 24.5 Å². The standard InChI is InChI=1S/C15H21ClN2O/c16-14-3-1-2-4-15(14)19-10-9-18-8-7-12-5-6-13(11-18)17-12/h1-4,12-13,17H,5-11H2. The summed E-state index contributed by atoms with van der Waals surface area (Å²) in [4.78, 5) is 2.51. The largest absolute Gasteiger partial charge is 0.491 e. The fourth-order valence-corrected chi connectivity index (χ4v) is 3.26. The van der Waals surface area contributed by atoms with E-state index < -0.39 is 0 Å². The van der Waals surface area contributed by atoms with Crippen molar-refractivity contribution in [3.05, 3.63) is 29.3 Å². The molecular formula is C15H21ClN2O. The first-order valence-corrected chi connectivity index (χ1v) is 7.55. The van der Waals surface area contributed by atoms with E-state index in [9.17, 15) is 0 Å². The summed E-state index contributed by atoms with van der Waals surface area (Å²) in [5.74, 6) is 0.790. The van der Waals surface area contributed by atoms with Crippen LogP contribution >= 0.6 is 11.6 Å². The number of para-hydroxylation sites is 1. The lowest BCUT2D eigenvalue weighted by atomic mass is 10.1. The zero-order chi connectivity index (χ0) is 13.1. The Labute approximate surface area is 119 Å². The first kappa shape index (κ1) is 13.2. The van der Waals surface area contributed by atoms with Gasteiger partial charge in [-0.05, 0) is 37.9 Å². The average molecular weight is 281 g/mol. The molecule has 2 bridgehead atoms. The van der Waals surface area contributed by atoms with E-state index in [-0.39, 0.29) is 0 Å². The van der Waals surface area contributed by atoms with Gasteiger partial charge in [-0.1, -0.05) is 23.7 Å². The van der Waals surface area contributed by atoms with Crippen LogP contribution in [0.25, 0.3) is 0 Å². The maximum atomic E-state index is 6.07. The van der Waals surface area contributed by atoms with Crippen molar-refractivity contribution in [2.24, 2.45) is 0 Å². The molecule has 2 aliphatic rings. The molecule has 2 aliphatic heterocycles. The zero-order valence-corrected chi connectivity index (χ0v) is 11.9. The SMILES string of the molecule is Clc1ccccc1OCCN1CCC2CCC(C1)N2. The van der Waals surface area contributed by atoms with Crippen molar-refractivity contribution in [1.29, 1.82) is 0 Å². The van der Waals surface area contributed by atoms with Gasteiger partial charge in [0.2, 0.25) is 0 Å². The molecule has 104 valence electrons. The van der Waals surface area contributed by atoms with Crippen LogP contribution < -0.4 is 10.1 Å². The Morgan fingerprint density at radius 2 is 2.05 bits per heavy atom. The number of fused-ring (bicyclic) bond motifs is 2. The minimum Gasteiger partial charge on any atom is -0.491 e.